The highest BCUT2D eigenvalue weighted by atomic mass is 16.7. The molecule has 86 valence electrons. The second kappa shape index (κ2) is 14.7. The summed E-state index contributed by atoms with van der Waals surface area (Å²) < 4.78 is 9.54. The Bertz CT molecular complexity index is 103. The van der Waals surface area contributed by atoms with E-state index in [9.17, 15) is 4.79 Å². The first-order valence-electron chi connectivity index (χ1n) is 5.05. The number of rotatable bonds is 6. The minimum absolute atomic E-state index is 0.474. The van der Waals surface area contributed by atoms with Gasteiger partial charge in [-0.1, -0.05) is 26.7 Å². The molecule has 0 aliphatic heterocycles. The lowest BCUT2D eigenvalue weighted by molar-refractivity contribution is 0.0536. The number of hydrogen-bond donors (Lipinski definition) is 1. The van der Waals surface area contributed by atoms with Gasteiger partial charge in [-0.25, -0.2) is 4.79 Å². The molecule has 0 fully saturated rings. The molecule has 0 heterocycles. The van der Waals surface area contributed by atoms with Crippen molar-refractivity contribution in [3.63, 3.8) is 0 Å². The zero-order valence-electron chi connectivity index (χ0n) is 9.41. The average molecular weight is 206 g/mol. The van der Waals surface area contributed by atoms with E-state index in [1.54, 1.807) is 0 Å². The molecule has 4 heteroatoms. The number of aliphatic hydroxyl groups is 1. The fraction of sp³-hybridized carbons (Fsp3) is 0.900. The Morgan fingerprint density at radius 1 is 1.00 bits per heavy atom. The largest absolute Gasteiger partial charge is 0.508 e. The van der Waals surface area contributed by atoms with E-state index in [0.29, 0.717) is 13.2 Å². The van der Waals surface area contributed by atoms with Crippen molar-refractivity contribution in [1.29, 1.82) is 0 Å². The Labute approximate surface area is 86.2 Å². The third-order valence-corrected chi connectivity index (χ3v) is 1.44. The van der Waals surface area contributed by atoms with Crippen molar-refractivity contribution >= 4 is 6.16 Å². The molecule has 0 rings (SSSR count). The topological polar surface area (TPSA) is 55.8 Å². The van der Waals surface area contributed by atoms with Gasteiger partial charge in [-0.2, -0.15) is 0 Å². The summed E-state index contributed by atoms with van der Waals surface area (Å²) in [5, 5.41) is 7.00. The van der Waals surface area contributed by atoms with E-state index in [4.69, 9.17) is 14.6 Å². The SMILES string of the molecule is CCCCOC(=O)OCCCC.CO. The summed E-state index contributed by atoms with van der Waals surface area (Å²) in [6.07, 6.45) is 3.34. The number of hydrogen-bond acceptors (Lipinski definition) is 4. The lowest BCUT2D eigenvalue weighted by Gasteiger charge is -2.04. The number of ether oxygens (including phenoxy) is 2. The molecule has 0 atom stereocenters. The van der Waals surface area contributed by atoms with Crippen LogP contribution in [0.4, 0.5) is 4.79 Å². The van der Waals surface area contributed by atoms with E-state index < -0.39 is 6.16 Å². The zero-order valence-corrected chi connectivity index (χ0v) is 9.41. The normalized spacial score (nSPS) is 8.57. The fourth-order valence-corrected chi connectivity index (χ4v) is 0.641. The molecule has 0 saturated carbocycles. The van der Waals surface area contributed by atoms with Crippen LogP contribution in [0.3, 0.4) is 0 Å². The van der Waals surface area contributed by atoms with Gasteiger partial charge in [0, 0.05) is 7.11 Å². The van der Waals surface area contributed by atoms with E-state index in [0.717, 1.165) is 32.8 Å². The zero-order chi connectivity index (χ0) is 11.2. The first kappa shape index (κ1) is 15.7. The lowest BCUT2D eigenvalue weighted by atomic mass is 10.4. The number of aliphatic hydroxyl groups excluding tert-OH is 1. The third kappa shape index (κ3) is 13.8. The second-order valence-electron chi connectivity index (χ2n) is 2.65. The molecule has 0 aromatic heterocycles. The molecule has 0 aliphatic rings. The predicted molar refractivity (Wildman–Crippen MR) is 55.3 cm³/mol. The van der Waals surface area contributed by atoms with Crippen LogP contribution in [0, 0.1) is 0 Å². The molecule has 0 unspecified atom stereocenters. The smallest absolute Gasteiger partial charge is 0.434 e. The summed E-state index contributed by atoms with van der Waals surface area (Å²) >= 11 is 0. The maximum atomic E-state index is 10.7. The van der Waals surface area contributed by atoms with E-state index in [2.05, 4.69) is 0 Å². The molecule has 0 spiro atoms. The van der Waals surface area contributed by atoms with Crippen LogP contribution in [0.5, 0.6) is 0 Å². The van der Waals surface area contributed by atoms with E-state index in [-0.39, 0.29) is 0 Å². The first-order valence-corrected chi connectivity index (χ1v) is 5.05. The Kier molecular flexibility index (Phi) is 16.5. The number of carbonyl (C=O) groups excluding carboxylic acids is 1. The van der Waals surface area contributed by atoms with E-state index in [1.807, 2.05) is 13.8 Å². The van der Waals surface area contributed by atoms with Gasteiger partial charge in [-0.15, -0.1) is 0 Å². The molecule has 0 aliphatic carbocycles. The number of carbonyl (C=O) groups is 1. The summed E-state index contributed by atoms with van der Waals surface area (Å²) in [5.74, 6) is 0. The summed E-state index contributed by atoms with van der Waals surface area (Å²) in [7, 11) is 1.00. The van der Waals surface area contributed by atoms with Crippen molar-refractivity contribution in [2.45, 2.75) is 39.5 Å². The van der Waals surface area contributed by atoms with Crippen molar-refractivity contribution in [2.75, 3.05) is 20.3 Å². The van der Waals surface area contributed by atoms with Crippen molar-refractivity contribution in [3.8, 4) is 0 Å². The summed E-state index contributed by atoms with van der Waals surface area (Å²) in [5.41, 5.74) is 0. The predicted octanol–water partition coefficient (Wildman–Crippen LogP) is 2.35. The van der Waals surface area contributed by atoms with Crippen LogP contribution in [-0.2, 0) is 9.47 Å². The first-order chi connectivity index (χ1) is 6.81. The van der Waals surface area contributed by atoms with Gasteiger partial charge in [0.25, 0.3) is 0 Å². The molecule has 4 nitrogen and oxygen atoms in total. The fourth-order valence-electron chi connectivity index (χ4n) is 0.641. The Morgan fingerprint density at radius 3 is 1.64 bits per heavy atom. The molecule has 1 N–H and O–H groups in total. The summed E-state index contributed by atoms with van der Waals surface area (Å²) in [4.78, 5) is 10.7. The molecule has 0 amide bonds. The highest BCUT2D eigenvalue weighted by Crippen LogP contribution is 1.93. The minimum atomic E-state index is -0.531. The Balaban J connectivity index is 0. The molecule has 0 aromatic rings. The van der Waals surface area contributed by atoms with Crippen LogP contribution in [-0.4, -0.2) is 31.6 Å². The van der Waals surface area contributed by atoms with Gasteiger partial charge in [0.05, 0.1) is 13.2 Å². The molecule has 14 heavy (non-hydrogen) atoms. The summed E-state index contributed by atoms with van der Waals surface area (Å²) in [6.45, 7) is 5.04. The maximum absolute atomic E-state index is 10.7. The average Bonchev–Trinajstić information content (AvgIpc) is 2.22. The maximum Gasteiger partial charge on any atom is 0.508 e. The quantitative estimate of drug-likeness (QED) is 0.535. The van der Waals surface area contributed by atoms with E-state index in [1.165, 1.54) is 0 Å². The van der Waals surface area contributed by atoms with Crippen LogP contribution >= 0.6 is 0 Å². The van der Waals surface area contributed by atoms with Crippen LogP contribution in [0.1, 0.15) is 39.5 Å². The van der Waals surface area contributed by atoms with Gasteiger partial charge in [-0.3, -0.25) is 0 Å². The van der Waals surface area contributed by atoms with Gasteiger partial charge >= 0.3 is 6.16 Å². The van der Waals surface area contributed by atoms with Gasteiger partial charge < -0.3 is 14.6 Å². The second-order valence-corrected chi connectivity index (χ2v) is 2.65. The minimum Gasteiger partial charge on any atom is -0.434 e. The van der Waals surface area contributed by atoms with Gasteiger partial charge in [0.15, 0.2) is 0 Å². The van der Waals surface area contributed by atoms with Crippen LogP contribution < -0.4 is 0 Å². The highest BCUT2D eigenvalue weighted by Gasteiger charge is 2.00. The molecule has 0 aromatic carbocycles. The van der Waals surface area contributed by atoms with E-state index >= 15 is 0 Å². The molecule has 0 bridgehead atoms. The molecular weight excluding hydrogens is 184 g/mol. The third-order valence-electron chi connectivity index (χ3n) is 1.44. The molecule has 0 saturated heterocycles. The van der Waals surface area contributed by atoms with Crippen LogP contribution in [0.25, 0.3) is 0 Å². The van der Waals surface area contributed by atoms with Crippen molar-refractivity contribution < 1.29 is 19.4 Å². The summed E-state index contributed by atoms with van der Waals surface area (Å²) in [6, 6.07) is 0. The Hall–Kier alpha value is -0.770. The van der Waals surface area contributed by atoms with Crippen molar-refractivity contribution in [3.05, 3.63) is 0 Å². The standard InChI is InChI=1S/C9H18O3.CH4O/c1-3-5-7-11-9(10)12-8-6-4-2;1-2/h3-8H2,1-2H3;2H,1H3. The van der Waals surface area contributed by atoms with Crippen molar-refractivity contribution in [1.82, 2.24) is 0 Å². The molecular formula is C10H22O4. The van der Waals surface area contributed by atoms with Gasteiger partial charge in [-0.05, 0) is 12.8 Å². The highest BCUT2D eigenvalue weighted by molar-refractivity contribution is 5.59. The monoisotopic (exact) mass is 206 g/mol. The lowest BCUT2D eigenvalue weighted by Crippen LogP contribution is -2.09. The Morgan fingerprint density at radius 2 is 1.36 bits per heavy atom. The van der Waals surface area contributed by atoms with Gasteiger partial charge in [0.2, 0.25) is 0 Å². The van der Waals surface area contributed by atoms with Crippen molar-refractivity contribution in [2.24, 2.45) is 0 Å². The van der Waals surface area contributed by atoms with Crippen LogP contribution in [0.15, 0.2) is 0 Å². The van der Waals surface area contributed by atoms with Crippen LogP contribution in [0.2, 0.25) is 0 Å². The molecule has 0 radical (unpaired) electrons. The van der Waals surface area contributed by atoms with Gasteiger partial charge in [0.1, 0.15) is 0 Å². The number of unbranched alkanes of at least 4 members (excludes halogenated alkanes) is 2.